The molecule has 16 heavy (non-hydrogen) atoms. The number of carbonyl (C=O) groups excluding carboxylic acids is 1. The maximum atomic E-state index is 11.2. The second-order valence-electron chi connectivity index (χ2n) is 3.46. The summed E-state index contributed by atoms with van der Waals surface area (Å²) in [5.74, 6) is -1.64. The van der Waals surface area contributed by atoms with Crippen LogP contribution in [-0.2, 0) is 11.2 Å². The van der Waals surface area contributed by atoms with Gasteiger partial charge in [0, 0.05) is 16.5 Å². The van der Waals surface area contributed by atoms with Crippen molar-refractivity contribution < 1.29 is 14.7 Å². The van der Waals surface area contributed by atoms with Crippen molar-refractivity contribution in [1.82, 2.24) is 4.98 Å². The van der Waals surface area contributed by atoms with Gasteiger partial charge in [-0.05, 0) is 6.07 Å². The van der Waals surface area contributed by atoms with E-state index in [1.54, 1.807) is 24.3 Å². The summed E-state index contributed by atoms with van der Waals surface area (Å²) in [5.41, 5.74) is 6.52. The van der Waals surface area contributed by atoms with Crippen molar-refractivity contribution >= 4 is 22.8 Å². The molecule has 0 aliphatic heterocycles. The highest BCUT2D eigenvalue weighted by molar-refractivity contribution is 6.01. The Morgan fingerprint density at radius 3 is 2.62 bits per heavy atom. The lowest BCUT2D eigenvalue weighted by Crippen LogP contribution is -2.15. The fourth-order valence-corrected chi connectivity index (χ4v) is 1.75. The van der Waals surface area contributed by atoms with Crippen LogP contribution >= 0.6 is 0 Å². The quantitative estimate of drug-likeness (QED) is 0.713. The lowest BCUT2D eigenvalue weighted by atomic mass is 10.1. The van der Waals surface area contributed by atoms with E-state index in [0.29, 0.717) is 11.1 Å². The van der Waals surface area contributed by atoms with E-state index in [1.807, 2.05) is 0 Å². The highest BCUT2D eigenvalue weighted by Gasteiger charge is 2.17. The summed E-state index contributed by atoms with van der Waals surface area (Å²) in [7, 11) is 0. The number of carboxylic acid groups (broad SMARTS) is 1. The van der Waals surface area contributed by atoms with E-state index < -0.39 is 11.9 Å². The number of H-pyrrole nitrogens is 1. The van der Waals surface area contributed by atoms with E-state index in [4.69, 9.17) is 10.8 Å². The Hall–Kier alpha value is -2.30. The second-order valence-corrected chi connectivity index (χ2v) is 3.46. The molecule has 4 N–H and O–H groups in total. The number of primary amides is 1. The van der Waals surface area contributed by atoms with E-state index in [9.17, 15) is 9.59 Å². The summed E-state index contributed by atoms with van der Waals surface area (Å²) in [4.78, 5) is 24.7. The van der Waals surface area contributed by atoms with Crippen LogP contribution in [0.25, 0.3) is 10.9 Å². The van der Waals surface area contributed by atoms with Crippen LogP contribution in [0.3, 0.4) is 0 Å². The van der Waals surface area contributed by atoms with Gasteiger partial charge in [-0.25, -0.2) is 0 Å². The molecular formula is C11H10N2O3. The summed E-state index contributed by atoms with van der Waals surface area (Å²) < 4.78 is 0. The number of hydrogen-bond acceptors (Lipinski definition) is 2. The van der Waals surface area contributed by atoms with Crippen LogP contribution in [0, 0.1) is 0 Å². The predicted octanol–water partition coefficient (Wildman–Crippen LogP) is 0.894. The third kappa shape index (κ3) is 1.63. The molecule has 1 aromatic heterocycles. The molecule has 1 amide bonds. The number of nitrogens with two attached hydrogens (primary N) is 1. The van der Waals surface area contributed by atoms with Gasteiger partial charge < -0.3 is 15.8 Å². The number of rotatable bonds is 3. The fraction of sp³-hybridized carbons (Fsp3) is 0.0909. The van der Waals surface area contributed by atoms with Crippen molar-refractivity contribution in [3.05, 3.63) is 35.5 Å². The highest BCUT2D eigenvalue weighted by atomic mass is 16.4. The molecule has 0 unspecified atom stereocenters. The molecule has 0 saturated carbocycles. The Balaban J connectivity index is 2.69. The normalized spacial score (nSPS) is 10.5. The standard InChI is InChI=1S/C11H10N2O3/c12-11(16)10-7(5-9(14)15)6-3-1-2-4-8(6)13-10/h1-4,13H,5H2,(H2,12,16)(H,14,15). The first-order chi connectivity index (χ1) is 7.59. The van der Waals surface area contributed by atoms with Crippen molar-refractivity contribution in [2.45, 2.75) is 6.42 Å². The average molecular weight is 218 g/mol. The molecule has 0 bridgehead atoms. The Bertz CT molecular complexity index is 572. The summed E-state index contributed by atoms with van der Waals surface area (Å²) in [5, 5.41) is 9.51. The van der Waals surface area contributed by atoms with Crippen LogP contribution in [0.5, 0.6) is 0 Å². The van der Waals surface area contributed by atoms with Gasteiger partial charge in [0.1, 0.15) is 5.69 Å². The average Bonchev–Trinajstić information content (AvgIpc) is 2.57. The molecule has 5 heteroatoms. The molecule has 1 heterocycles. The molecule has 5 nitrogen and oxygen atoms in total. The van der Waals surface area contributed by atoms with Crippen LogP contribution in [0.1, 0.15) is 16.1 Å². The van der Waals surface area contributed by atoms with Gasteiger partial charge in [0.25, 0.3) is 5.91 Å². The molecule has 0 fully saturated rings. The maximum Gasteiger partial charge on any atom is 0.307 e. The highest BCUT2D eigenvalue weighted by Crippen LogP contribution is 2.22. The molecule has 82 valence electrons. The first kappa shape index (κ1) is 10.2. The molecule has 0 aliphatic rings. The number of nitrogens with one attached hydrogen (secondary N) is 1. The van der Waals surface area contributed by atoms with Crippen LogP contribution < -0.4 is 5.73 Å². The lowest BCUT2D eigenvalue weighted by molar-refractivity contribution is -0.136. The monoisotopic (exact) mass is 218 g/mol. The van der Waals surface area contributed by atoms with Gasteiger partial charge in [0.05, 0.1) is 6.42 Å². The summed E-state index contributed by atoms with van der Waals surface area (Å²) in [6.07, 6.45) is -0.220. The van der Waals surface area contributed by atoms with Crippen molar-refractivity contribution in [3.8, 4) is 0 Å². The van der Waals surface area contributed by atoms with Gasteiger partial charge in [-0.3, -0.25) is 9.59 Å². The van der Waals surface area contributed by atoms with E-state index in [0.717, 1.165) is 5.39 Å². The Morgan fingerprint density at radius 1 is 1.31 bits per heavy atom. The number of para-hydroxylation sites is 1. The minimum Gasteiger partial charge on any atom is -0.481 e. The van der Waals surface area contributed by atoms with E-state index in [2.05, 4.69) is 4.98 Å². The number of carboxylic acids is 1. The van der Waals surface area contributed by atoms with Crippen molar-refractivity contribution in [2.75, 3.05) is 0 Å². The number of carbonyl (C=O) groups is 2. The van der Waals surface area contributed by atoms with E-state index >= 15 is 0 Å². The number of aromatic nitrogens is 1. The summed E-state index contributed by atoms with van der Waals surface area (Å²) in [6, 6.07) is 7.12. The third-order valence-electron chi connectivity index (χ3n) is 2.39. The van der Waals surface area contributed by atoms with Gasteiger partial charge in [0.15, 0.2) is 0 Å². The molecule has 0 aliphatic carbocycles. The van der Waals surface area contributed by atoms with Crippen LogP contribution in [-0.4, -0.2) is 22.0 Å². The molecule has 0 spiro atoms. The van der Waals surface area contributed by atoms with E-state index in [-0.39, 0.29) is 12.1 Å². The maximum absolute atomic E-state index is 11.2. The Kier molecular flexibility index (Phi) is 2.36. The molecule has 2 aromatic rings. The van der Waals surface area contributed by atoms with Crippen LogP contribution in [0.4, 0.5) is 0 Å². The van der Waals surface area contributed by atoms with Crippen molar-refractivity contribution in [3.63, 3.8) is 0 Å². The van der Waals surface area contributed by atoms with Crippen molar-refractivity contribution in [2.24, 2.45) is 5.73 Å². The molecule has 1 aromatic carbocycles. The Morgan fingerprint density at radius 2 is 2.00 bits per heavy atom. The number of amides is 1. The number of aliphatic carboxylic acids is 1. The molecule has 0 atom stereocenters. The van der Waals surface area contributed by atoms with Gasteiger partial charge in [-0.1, -0.05) is 18.2 Å². The summed E-state index contributed by atoms with van der Waals surface area (Å²) >= 11 is 0. The zero-order valence-corrected chi connectivity index (χ0v) is 8.36. The largest absolute Gasteiger partial charge is 0.481 e. The van der Waals surface area contributed by atoms with Gasteiger partial charge in [-0.2, -0.15) is 0 Å². The molecule has 0 radical (unpaired) electrons. The smallest absolute Gasteiger partial charge is 0.307 e. The minimum atomic E-state index is -0.993. The fourth-order valence-electron chi connectivity index (χ4n) is 1.75. The second kappa shape index (κ2) is 3.69. The lowest BCUT2D eigenvalue weighted by Gasteiger charge is -1.97. The van der Waals surface area contributed by atoms with Gasteiger partial charge >= 0.3 is 5.97 Å². The number of benzene rings is 1. The SMILES string of the molecule is NC(=O)c1[nH]c2ccccc2c1CC(=O)O. The van der Waals surface area contributed by atoms with Gasteiger partial charge in [0.2, 0.25) is 0 Å². The topological polar surface area (TPSA) is 96.2 Å². The predicted molar refractivity (Wildman–Crippen MR) is 58.2 cm³/mol. The molecular weight excluding hydrogens is 208 g/mol. The number of aromatic amines is 1. The zero-order valence-electron chi connectivity index (χ0n) is 8.36. The number of fused-ring (bicyclic) bond motifs is 1. The molecule has 2 rings (SSSR count). The summed E-state index contributed by atoms with van der Waals surface area (Å²) in [6.45, 7) is 0. The minimum absolute atomic E-state index is 0.170. The van der Waals surface area contributed by atoms with Crippen molar-refractivity contribution in [1.29, 1.82) is 0 Å². The third-order valence-corrected chi connectivity index (χ3v) is 2.39. The van der Waals surface area contributed by atoms with Gasteiger partial charge in [-0.15, -0.1) is 0 Å². The van der Waals surface area contributed by atoms with Crippen LogP contribution in [0.15, 0.2) is 24.3 Å². The first-order valence-corrected chi connectivity index (χ1v) is 4.70. The molecule has 0 saturated heterocycles. The number of hydrogen-bond donors (Lipinski definition) is 3. The van der Waals surface area contributed by atoms with Crippen LogP contribution in [0.2, 0.25) is 0 Å². The Labute approximate surface area is 90.9 Å². The zero-order chi connectivity index (χ0) is 11.7. The first-order valence-electron chi connectivity index (χ1n) is 4.70. The van der Waals surface area contributed by atoms with E-state index in [1.165, 1.54) is 0 Å².